The maximum Gasteiger partial charge on any atom is 0.338 e. The minimum Gasteiger partial charge on any atom is -0.449 e. The molecule has 0 saturated heterocycles. The molecule has 8 heteroatoms. The number of carbonyl (C=O) groups is 2. The minimum absolute atomic E-state index is 0.0365. The number of esters is 1. The van der Waals surface area contributed by atoms with Crippen LogP contribution in [0.3, 0.4) is 0 Å². The number of ether oxygens (including phenoxy) is 1. The first kappa shape index (κ1) is 20.1. The number of sulfonamides is 1. The van der Waals surface area contributed by atoms with Crippen molar-refractivity contribution in [1.82, 2.24) is 10.0 Å². The van der Waals surface area contributed by atoms with E-state index in [1.54, 1.807) is 6.92 Å². The van der Waals surface area contributed by atoms with Crippen molar-refractivity contribution in [3.05, 3.63) is 29.8 Å². The maximum atomic E-state index is 12.1. The molecule has 134 valence electrons. The van der Waals surface area contributed by atoms with Crippen LogP contribution in [0.1, 0.15) is 45.0 Å². The Morgan fingerprint density at radius 1 is 1.25 bits per heavy atom. The Hall–Kier alpha value is -1.93. The maximum absolute atomic E-state index is 12.1. The van der Waals surface area contributed by atoms with Gasteiger partial charge >= 0.3 is 5.97 Å². The summed E-state index contributed by atoms with van der Waals surface area (Å²) in [5.41, 5.74) is -0.387. The smallest absolute Gasteiger partial charge is 0.338 e. The van der Waals surface area contributed by atoms with E-state index in [-0.39, 0.29) is 17.0 Å². The first-order chi connectivity index (χ1) is 11.0. The van der Waals surface area contributed by atoms with Crippen molar-refractivity contribution in [1.29, 1.82) is 0 Å². The largest absolute Gasteiger partial charge is 0.449 e. The van der Waals surface area contributed by atoms with Crippen molar-refractivity contribution in [3.8, 4) is 0 Å². The normalized spacial score (nSPS) is 13.2. The molecule has 0 fully saturated rings. The summed E-state index contributed by atoms with van der Waals surface area (Å²) >= 11 is 0. The highest BCUT2D eigenvalue weighted by atomic mass is 32.2. The van der Waals surface area contributed by atoms with Gasteiger partial charge in [0.25, 0.3) is 5.91 Å². The topological polar surface area (TPSA) is 102 Å². The number of rotatable bonds is 6. The van der Waals surface area contributed by atoms with Crippen molar-refractivity contribution in [2.24, 2.45) is 0 Å². The molecule has 0 saturated carbocycles. The van der Waals surface area contributed by atoms with Gasteiger partial charge in [0.2, 0.25) is 10.0 Å². The van der Waals surface area contributed by atoms with E-state index < -0.39 is 33.5 Å². The predicted molar refractivity (Wildman–Crippen MR) is 90.1 cm³/mol. The van der Waals surface area contributed by atoms with Crippen molar-refractivity contribution >= 4 is 21.9 Å². The molecule has 0 bridgehead atoms. The van der Waals surface area contributed by atoms with E-state index in [2.05, 4.69) is 10.0 Å². The third-order valence-corrected chi connectivity index (χ3v) is 4.41. The molecule has 2 N–H and O–H groups in total. The molecule has 1 aromatic carbocycles. The average Bonchev–Trinajstić information content (AvgIpc) is 2.45. The minimum atomic E-state index is -3.67. The number of carbonyl (C=O) groups excluding carboxylic acids is 2. The number of benzene rings is 1. The lowest BCUT2D eigenvalue weighted by Crippen LogP contribution is -2.46. The van der Waals surface area contributed by atoms with Crippen LogP contribution in [-0.2, 0) is 19.6 Å². The second kappa shape index (κ2) is 7.76. The average molecular weight is 356 g/mol. The molecule has 0 aliphatic heterocycles. The van der Waals surface area contributed by atoms with Crippen LogP contribution < -0.4 is 10.0 Å². The van der Waals surface area contributed by atoms with Gasteiger partial charge in [-0.1, -0.05) is 13.0 Å². The monoisotopic (exact) mass is 356 g/mol. The number of amides is 1. The van der Waals surface area contributed by atoms with Gasteiger partial charge in [-0.2, -0.15) is 0 Å². The van der Waals surface area contributed by atoms with Gasteiger partial charge in [-0.15, -0.1) is 0 Å². The second-order valence-corrected chi connectivity index (χ2v) is 8.08. The molecule has 1 atom stereocenters. The van der Waals surface area contributed by atoms with Gasteiger partial charge in [-0.05, 0) is 45.9 Å². The van der Waals surface area contributed by atoms with E-state index in [0.29, 0.717) is 0 Å². The van der Waals surface area contributed by atoms with Crippen LogP contribution in [0.2, 0.25) is 0 Å². The second-order valence-electron chi connectivity index (χ2n) is 6.32. The Morgan fingerprint density at radius 2 is 1.88 bits per heavy atom. The van der Waals surface area contributed by atoms with Crippen LogP contribution in [0.25, 0.3) is 0 Å². The zero-order valence-corrected chi connectivity index (χ0v) is 15.4. The van der Waals surface area contributed by atoms with Crippen LogP contribution in [-0.4, -0.2) is 38.5 Å². The standard InChI is InChI=1S/C16H24N2O5S/c1-6-17-24(21,22)13-9-7-8-12(10-13)15(20)23-11(2)14(19)18-16(3,4)5/h7-11,17H,6H2,1-5H3,(H,18,19). The third kappa shape index (κ3) is 5.93. The Kier molecular flexibility index (Phi) is 6.50. The molecule has 7 nitrogen and oxygen atoms in total. The van der Waals surface area contributed by atoms with Crippen LogP contribution in [0, 0.1) is 0 Å². The highest BCUT2D eigenvalue weighted by molar-refractivity contribution is 7.89. The molecule has 24 heavy (non-hydrogen) atoms. The lowest BCUT2D eigenvalue weighted by molar-refractivity contribution is -0.130. The molecule has 0 aliphatic rings. The van der Waals surface area contributed by atoms with Gasteiger partial charge in [0.15, 0.2) is 6.10 Å². The fraction of sp³-hybridized carbons (Fsp3) is 0.500. The van der Waals surface area contributed by atoms with Crippen molar-refractivity contribution < 1.29 is 22.7 Å². The van der Waals surface area contributed by atoms with Crippen LogP contribution in [0.5, 0.6) is 0 Å². The van der Waals surface area contributed by atoms with Gasteiger partial charge in [-0.25, -0.2) is 17.9 Å². The van der Waals surface area contributed by atoms with Crippen molar-refractivity contribution in [2.75, 3.05) is 6.54 Å². The van der Waals surface area contributed by atoms with Crippen molar-refractivity contribution in [3.63, 3.8) is 0 Å². The first-order valence-corrected chi connectivity index (χ1v) is 9.07. The van der Waals surface area contributed by atoms with E-state index in [0.717, 1.165) is 0 Å². The quantitative estimate of drug-likeness (QED) is 0.751. The summed E-state index contributed by atoms with van der Waals surface area (Å²) < 4.78 is 31.4. The Balaban J connectivity index is 2.88. The highest BCUT2D eigenvalue weighted by Crippen LogP contribution is 2.13. The van der Waals surface area contributed by atoms with E-state index in [4.69, 9.17) is 4.74 Å². The molecule has 1 aromatic rings. The summed E-state index contributed by atoms with van der Waals surface area (Å²) in [5, 5.41) is 2.71. The first-order valence-electron chi connectivity index (χ1n) is 7.59. The van der Waals surface area contributed by atoms with Gasteiger partial charge < -0.3 is 10.1 Å². The molecule has 0 aliphatic carbocycles. The Morgan fingerprint density at radius 3 is 2.42 bits per heavy atom. The molecule has 0 radical (unpaired) electrons. The van der Waals surface area contributed by atoms with Gasteiger partial charge in [-0.3, -0.25) is 4.79 Å². The Labute approximate surface area is 142 Å². The number of hydrogen-bond acceptors (Lipinski definition) is 5. The van der Waals surface area contributed by atoms with Crippen LogP contribution >= 0.6 is 0 Å². The summed E-state index contributed by atoms with van der Waals surface area (Å²) in [6.07, 6.45) is -0.995. The molecule has 0 aromatic heterocycles. The summed E-state index contributed by atoms with van der Waals surface area (Å²) in [5.74, 6) is -1.19. The predicted octanol–water partition coefficient (Wildman–Crippen LogP) is 1.44. The lowest BCUT2D eigenvalue weighted by atomic mass is 10.1. The van der Waals surface area contributed by atoms with E-state index >= 15 is 0 Å². The molecule has 0 spiro atoms. The summed E-state index contributed by atoms with van der Waals surface area (Å²) in [4.78, 5) is 24.1. The Bertz CT molecular complexity index is 707. The molecule has 1 amide bonds. The number of nitrogens with one attached hydrogen (secondary N) is 2. The lowest BCUT2D eigenvalue weighted by Gasteiger charge is -2.23. The van der Waals surface area contributed by atoms with E-state index in [9.17, 15) is 18.0 Å². The van der Waals surface area contributed by atoms with E-state index in [1.807, 2.05) is 20.8 Å². The number of hydrogen-bond donors (Lipinski definition) is 2. The van der Waals surface area contributed by atoms with Gasteiger partial charge in [0, 0.05) is 12.1 Å². The fourth-order valence-corrected chi connectivity index (χ4v) is 2.90. The molecular weight excluding hydrogens is 332 g/mol. The summed E-state index contributed by atoms with van der Waals surface area (Å²) in [6.45, 7) is 8.79. The van der Waals surface area contributed by atoms with Crippen molar-refractivity contribution in [2.45, 2.75) is 51.2 Å². The SMILES string of the molecule is CCNS(=O)(=O)c1cccc(C(=O)OC(C)C(=O)NC(C)(C)C)c1. The van der Waals surface area contributed by atoms with Gasteiger partial charge in [0.05, 0.1) is 10.5 Å². The molecule has 1 unspecified atom stereocenters. The fourth-order valence-electron chi connectivity index (χ4n) is 1.82. The molecule has 0 heterocycles. The summed E-state index contributed by atoms with van der Waals surface area (Å²) in [7, 11) is -3.67. The molecular formula is C16H24N2O5S. The zero-order chi connectivity index (χ0) is 18.5. The third-order valence-electron chi connectivity index (χ3n) is 2.87. The highest BCUT2D eigenvalue weighted by Gasteiger charge is 2.23. The van der Waals surface area contributed by atoms with Crippen LogP contribution in [0.4, 0.5) is 0 Å². The molecule has 1 rings (SSSR count). The van der Waals surface area contributed by atoms with E-state index in [1.165, 1.54) is 31.2 Å². The summed E-state index contributed by atoms with van der Waals surface area (Å²) in [6, 6.07) is 5.47. The van der Waals surface area contributed by atoms with Gasteiger partial charge in [0.1, 0.15) is 0 Å². The van der Waals surface area contributed by atoms with Crippen LogP contribution in [0.15, 0.2) is 29.2 Å². The zero-order valence-electron chi connectivity index (χ0n) is 14.5.